The number of hydrogen-bond acceptors (Lipinski definition) is 2. The Labute approximate surface area is 126 Å². The van der Waals surface area contributed by atoms with Crippen molar-refractivity contribution in [3.63, 3.8) is 0 Å². The van der Waals surface area contributed by atoms with Gasteiger partial charge in [0.2, 0.25) is 0 Å². The molecule has 0 aromatic carbocycles. The Hall–Kier alpha value is -0.920. The molecule has 2 nitrogen and oxygen atoms in total. The Balaban J connectivity index is 4.95. The van der Waals surface area contributed by atoms with Gasteiger partial charge in [0.15, 0.2) is 0 Å². The van der Waals surface area contributed by atoms with Crippen molar-refractivity contribution in [1.82, 2.24) is 0 Å². The van der Waals surface area contributed by atoms with Crippen LogP contribution in [0.3, 0.4) is 0 Å². The fourth-order valence-electron chi connectivity index (χ4n) is 1.47. The van der Waals surface area contributed by atoms with Crippen LogP contribution in [0.1, 0.15) is 12.8 Å². The minimum atomic E-state index is -6.12. The van der Waals surface area contributed by atoms with Crippen molar-refractivity contribution >= 4 is 0 Å². The molecule has 24 heavy (non-hydrogen) atoms. The molecular formula is C10H10F12O2. The van der Waals surface area contributed by atoms with Crippen LogP contribution in [0.25, 0.3) is 0 Å². The van der Waals surface area contributed by atoms with Gasteiger partial charge in [-0.3, -0.25) is 0 Å². The van der Waals surface area contributed by atoms with E-state index in [1.807, 2.05) is 0 Å². The summed E-state index contributed by atoms with van der Waals surface area (Å²) >= 11 is 0. The molecule has 146 valence electrons. The average molecular weight is 390 g/mol. The van der Waals surface area contributed by atoms with Crippen molar-refractivity contribution in [3.8, 4) is 0 Å². The zero-order valence-electron chi connectivity index (χ0n) is 11.2. The lowest BCUT2D eigenvalue weighted by Crippen LogP contribution is -2.51. The SMILES string of the molecule is OC(CCC(O)C(F)(F)C(F)C(F)(F)F)C(F)(F)C(F)C(F)(F)F. The first-order valence-corrected chi connectivity index (χ1v) is 5.89. The van der Waals surface area contributed by atoms with E-state index in [9.17, 15) is 52.7 Å². The predicted octanol–water partition coefficient (Wildman–Crippen LogP) is 3.56. The van der Waals surface area contributed by atoms with Crippen molar-refractivity contribution in [2.45, 2.75) is 61.6 Å². The lowest BCUT2D eigenvalue weighted by atomic mass is 9.97. The zero-order valence-corrected chi connectivity index (χ0v) is 11.2. The van der Waals surface area contributed by atoms with E-state index in [2.05, 4.69) is 0 Å². The summed E-state index contributed by atoms with van der Waals surface area (Å²) in [6, 6.07) is 0. The highest BCUT2D eigenvalue weighted by Gasteiger charge is 2.62. The van der Waals surface area contributed by atoms with Crippen LogP contribution >= 0.6 is 0 Å². The minimum Gasteiger partial charge on any atom is -0.387 e. The molecule has 0 bridgehead atoms. The van der Waals surface area contributed by atoms with Gasteiger partial charge >= 0.3 is 24.2 Å². The van der Waals surface area contributed by atoms with E-state index in [1.165, 1.54) is 0 Å². The number of rotatable bonds is 7. The number of alkyl halides is 12. The summed E-state index contributed by atoms with van der Waals surface area (Å²) in [5, 5.41) is 17.5. The number of aliphatic hydroxyl groups excluding tert-OH is 2. The standard InChI is InChI=1S/C10H10F12O2/c11-5(9(17,18)19)7(13,14)3(23)1-2-4(24)8(15,16)6(12)10(20,21)22/h3-6,23-24H,1-2H2. The van der Waals surface area contributed by atoms with Gasteiger partial charge in [-0.25, -0.2) is 26.3 Å². The predicted molar refractivity (Wildman–Crippen MR) is 53.0 cm³/mol. The monoisotopic (exact) mass is 390 g/mol. The van der Waals surface area contributed by atoms with Gasteiger partial charge in [-0.2, -0.15) is 26.3 Å². The molecule has 14 heteroatoms. The van der Waals surface area contributed by atoms with Gasteiger partial charge in [-0.05, 0) is 12.8 Å². The van der Waals surface area contributed by atoms with Gasteiger partial charge in [-0.15, -0.1) is 0 Å². The Morgan fingerprint density at radius 3 is 0.917 bits per heavy atom. The molecule has 0 saturated heterocycles. The minimum absolute atomic E-state index is 1.86. The van der Waals surface area contributed by atoms with Crippen LogP contribution in [0.5, 0.6) is 0 Å². The molecule has 4 unspecified atom stereocenters. The summed E-state index contributed by atoms with van der Waals surface area (Å²) in [6.45, 7) is 0. The normalized spacial score (nSPS) is 19.8. The fourth-order valence-corrected chi connectivity index (χ4v) is 1.47. The van der Waals surface area contributed by atoms with Crippen LogP contribution in [0, 0.1) is 0 Å². The first-order chi connectivity index (χ1) is 10.4. The summed E-state index contributed by atoms with van der Waals surface area (Å²) in [5.74, 6) is -11.0. The van der Waals surface area contributed by atoms with Crippen LogP contribution in [0.2, 0.25) is 0 Å². The van der Waals surface area contributed by atoms with Crippen LogP contribution < -0.4 is 0 Å². The molecule has 0 fully saturated rings. The molecule has 0 aliphatic rings. The molecule has 0 radical (unpaired) electrons. The Kier molecular flexibility index (Phi) is 6.86. The maximum Gasteiger partial charge on any atom is 0.425 e. The lowest BCUT2D eigenvalue weighted by Gasteiger charge is -2.30. The Morgan fingerprint density at radius 2 is 0.750 bits per heavy atom. The Bertz CT molecular complexity index is 366. The van der Waals surface area contributed by atoms with Crippen LogP contribution in [-0.2, 0) is 0 Å². The Morgan fingerprint density at radius 1 is 0.542 bits per heavy atom. The van der Waals surface area contributed by atoms with E-state index in [4.69, 9.17) is 10.2 Å². The topological polar surface area (TPSA) is 40.5 Å². The summed E-state index contributed by atoms with van der Waals surface area (Å²) < 4.78 is 148. The largest absolute Gasteiger partial charge is 0.425 e. The second-order valence-electron chi connectivity index (χ2n) is 4.77. The van der Waals surface area contributed by atoms with E-state index >= 15 is 0 Å². The summed E-state index contributed by atoms with van der Waals surface area (Å²) in [4.78, 5) is 0. The van der Waals surface area contributed by atoms with Crippen LogP contribution in [-0.4, -0.2) is 59.0 Å². The molecule has 0 amide bonds. The van der Waals surface area contributed by atoms with Crippen LogP contribution in [0.15, 0.2) is 0 Å². The highest BCUT2D eigenvalue weighted by atomic mass is 19.4. The van der Waals surface area contributed by atoms with Crippen molar-refractivity contribution in [1.29, 1.82) is 0 Å². The molecule has 0 spiro atoms. The average Bonchev–Trinajstić information content (AvgIpc) is 2.40. The van der Waals surface area contributed by atoms with Crippen molar-refractivity contribution in [2.75, 3.05) is 0 Å². The van der Waals surface area contributed by atoms with Crippen molar-refractivity contribution in [3.05, 3.63) is 0 Å². The first kappa shape index (κ1) is 23.1. The first-order valence-electron chi connectivity index (χ1n) is 5.89. The van der Waals surface area contributed by atoms with Gasteiger partial charge in [0.25, 0.3) is 12.3 Å². The molecule has 0 rings (SSSR count). The second-order valence-corrected chi connectivity index (χ2v) is 4.77. The van der Waals surface area contributed by atoms with Gasteiger partial charge in [0.1, 0.15) is 12.2 Å². The quantitative estimate of drug-likeness (QED) is 0.653. The molecular weight excluding hydrogens is 380 g/mol. The number of aliphatic hydroxyl groups is 2. The third kappa shape index (κ3) is 5.29. The lowest BCUT2D eigenvalue weighted by molar-refractivity contribution is -0.275. The molecule has 0 aliphatic carbocycles. The summed E-state index contributed by atoms with van der Waals surface area (Å²) in [5.41, 5.74) is 0. The molecule has 0 heterocycles. The zero-order chi connectivity index (χ0) is 19.7. The maximum absolute atomic E-state index is 12.9. The molecule has 2 N–H and O–H groups in total. The summed E-state index contributed by atoms with van der Waals surface area (Å²) in [6.07, 6.45) is -32.9. The maximum atomic E-state index is 12.9. The highest BCUT2D eigenvalue weighted by molar-refractivity contribution is 4.92. The van der Waals surface area contributed by atoms with Gasteiger partial charge in [0, 0.05) is 0 Å². The van der Waals surface area contributed by atoms with E-state index in [0.29, 0.717) is 0 Å². The van der Waals surface area contributed by atoms with E-state index in [-0.39, 0.29) is 0 Å². The van der Waals surface area contributed by atoms with E-state index < -0.39 is 61.6 Å². The number of halogens is 12. The summed E-state index contributed by atoms with van der Waals surface area (Å²) in [7, 11) is 0. The van der Waals surface area contributed by atoms with Crippen molar-refractivity contribution < 1.29 is 62.9 Å². The van der Waals surface area contributed by atoms with E-state index in [0.717, 1.165) is 0 Å². The third-order valence-electron chi connectivity index (χ3n) is 2.85. The van der Waals surface area contributed by atoms with Gasteiger partial charge < -0.3 is 10.2 Å². The molecule has 0 saturated carbocycles. The van der Waals surface area contributed by atoms with Gasteiger partial charge in [0.05, 0.1) is 0 Å². The number of hydrogen-bond donors (Lipinski definition) is 2. The van der Waals surface area contributed by atoms with E-state index in [1.54, 1.807) is 0 Å². The molecule has 0 aromatic heterocycles. The molecule has 0 aromatic rings. The third-order valence-corrected chi connectivity index (χ3v) is 2.85. The smallest absolute Gasteiger partial charge is 0.387 e. The molecule has 4 atom stereocenters. The van der Waals surface area contributed by atoms with Crippen molar-refractivity contribution in [2.24, 2.45) is 0 Å². The second kappa shape index (κ2) is 7.14. The van der Waals surface area contributed by atoms with Gasteiger partial charge in [-0.1, -0.05) is 0 Å². The fraction of sp³-hybridized carbons (Fsp3) is 1.00. The molecule has 0 aliphatic heterocycles. The highest BCUT2D eigenvalue weighted by Crippen LogP contribution is 2.41. The van der Waals surface area contributed by atoms with Crippen LogP contribution in [0.4, 0.5) is 52.7 Å².